The van der Waals surface area contributed by atoms with Crippen molar-refractivity contribution in [2.75, 3.05) is 19.8 Å². The van der Waals surface area contributed by atoms with Gasteiger partial charge in [0.15, 0.2) is 17.2 Å². The normalized spacial score (nSPS) is 13.9. The predicted molar refractivity (Wildman–Crippen MR) is 95.5 cm³/mol. The Morgan fingerprint density at radius 3 is 2.74 bits per heavy atom. The maximum Gasteiger partial charge on any atom is 0.308 e. The molecule has 0 bridgehead atoms. The van der Waals surface area contributed by atoms with Crippen LogP contribution in [0.1, 0.15) is 35.9 Å². The number of carboxylic acid groups (broad SMARTS) is 1. The first-order valence-electron chi connectivity index (χ1n) is 8.84. The van der Waals surface area contributed by atoms with E-state index in [4.69, 9.17) is 9.47 Å². The number of carbonyl (C=O) groups excluding carboxylic acids is 1. The molecule has 3 rings (SSSR count). The highest BCUT2D eigenvalue weighted by Gasteiger charge is 2.22. The fourth-order valence-electron chi connectivity index (χ4n) is 2.91. The number of amides is 1. The number of aliphatic carboxylic acids is 1. The van der Waals surface area contributed by atoms with Crippen molar-refractivity contribution in [3.05, 3.63) is 29.6 Å². The zero-order chi connectivity index (χ0) is 19.4. The van der Waals surface area contributed by atoms with Crippen LogP contribution in [0, 0.1) is 12.8 Å². The minimum absolute atomic E-state index is 0.0539. The third-order valence-corrected chi connectivity index (χ3v) is 4.38. The zero-order valence-corrected chi connectivity index (χ0v) is 15.3. The highest BCUT2D eigenvalue weighted by Crippen LogP contribution is 2.32. The quantitative estimate of drug-likeness (QED) is 0.756. The fourth-order valence-corrected chi connectivity index (χ4v) is 2.91. The molecule has 0 aliphatic carbocycles. The Morgan fingerprint density at radius 1 is 1.30 bits per heavy atom. The molecule has 0 saturated carbocycles. The lowest BCUT2D eigenvalue weighted by atomic mass is 10.0. The maximum absolute atomic E-state index is 12.4. The van der Waals surface area contributed by atoms with Crippen LogP contribution in [0.3, 0.4) is 0 Å². The molecule has 1 aromatic heterocycles. The molecule has 1 atom stereocenters. The molecule has 27 heavy (non-hydrogen) atoms. The summed E-state index contributed by atoms with van der Waals surface area (Å²) in [5.74, 6) is -0.709. The van der Waals surface area contributed by atoms with E-state index in [1.807, 2.05) is 6.92 Å². The van der Waals surface area contributed by atoms with Gasteiger partial charge < -0.3 is 19.9 Å². The lowest BCUT2D eigenvalue weighted by molar-refractivity contribution is -0.141. The van der Waals surface area contributed by atoms with Crippen molar-refractivity contribution in [3.8, 4) is 17.2 Å². The number of carbonyl (C=O) groups is 2. The summed E-state index contributed by atoms with van der Waals surface area (Å²) in [5, 5.41) is 19.8. The Balaban J connectivity index is 1.75. The van der Waals surface area contributed by atoms with Gasteiger partial charge in [0, 0.05) is 12.6 Å². The molecule has 2 N–H and O–H groups in total. The highest BCUT2D eigenvalue weighted by molar-refractivity contribution is 5.93. The summed E-state index contributed by atoms with van der Waals surface area (Å²) in [7, 11) is 0. The van der Waals surface area contributed by atoms with Gasteiger partial charge >= 0.3 is 5.97 Å². The van der Waals surface area contributed by atoms with Gasteiger partial charge in [-0.3, -0.25) is 9.59 Å². The second-order valence-corrected chi connectivity index (χ2v) is 6.30. The molecule has 2 aromatic rings. The van der Waals surface area contributed by atoms with E-state index in [1.54, 1.807) is 25.1 Å². The molecule has 9 heteroatoms. The summed E-state index contributed by atoms with van der Waals surface area (Å²) in [6, 6.07) is 5.37. The molecular formula is C18H22N4O5. The lowest BCUT2D eigenvalue weighted by Gasteiger charge is -2.18. The van der Waals surface area contributed by atoms with Gasteiger partial charge in [0.1, 0.15) is 13.2 Å². The highest BCUT2D eigenvalue weighted by atomic mass is 16.6. The van der Waals surface area contributed by atoms with E-state index in [-0.39, 0.29) is 12.2 Å². The smallest absolute Gasteiger partial charge is 0.308 e. The van der Waals surface area contributed by atoms with Crippen LogP contribution in [-0.4, -0.2) is 51.7 Å². The first-order valence-corrected chi connectivity index (χ1v) is 8.84. The summed E-state index contributed by atoms with van der Waals surface area (Å²) < 4.78 is 12.6. The van der Waals surface area contributed by atoms with Crippen LogP contribution in [-0.2, 0) is 4.79 Å². The summed E-state index contributed by atoms with van der Waals surface area (Å²) in [5.41, 5.74) is 1.40. The summed E-state index contributed by atoms with van der Waals surface area (Å²) >= 11 is 0. The number of nitrogens with zero attached hydrogens (tertiary/aromatic N) is 3. The average molecular weight is 374 g/mol. The lowest BCUT2D eigenvalue weighted by Crippen LogP contribution is -2.33. The van der Waals surface area contributed by atoms with Gasteiger partial charge in [-0.2, -0.15) is 0 Å². The third kappa shape index (κ3) is 4.02. The molecule has 1 aliphatic heterocycles. The number of carboxylic acids is 1. The SMILES string of the molecule is CCCC(CNC(=O)c1nnn(-c2ccc3c(c2)OCCO3)c1C)C(=O)O. The molecule has 0 radical (unpaired) electrons. The molecule has 0 spiro atoms. The van der Waals surface area contributed by atoms with E-state index in [9.17, 15) is 14.7 Å². The maximum atomic E-state index is 12.4. The number of nitrogens with one attached hydrogen (secondary N) is 1. The first kappa shape index (κ1) is 18.7. The van der Waals surface area contributed by atoms with E-state index in [0.717, 1.165) is 6.42 Å². The molecular weight excluding hydrogens is 352 g/mol. The first-order chi connectivity index (χ1) is 13.0. The summed E-state index contributed by atoms with van der Waals surface area (Å²) in [4.78, 5) is 23.6. The molecule has 2 heterocycles. The van der Waals surface area contributed by atoms with Crippen LogP contribution in [0.25, 0.3) is 5.69 Å². The second kappa shape index (κ2) is 8.07. The van der Waals surface area contributed by atoms with Crippen LogP contribution in [0.2, 0.25) is 0 Å². The number of benzene rings is 1. The Hall–Kier alpha value is -3.10. The largest absolute Gasteiger partial charge is 0.486 e. The van der Waals surface area contributed by atoms with Gasteiger partial charge in [-0.25, -0.2) is 4.68 Å². The van der Waals surface area contributed by atoms with Crippen LogP contribution in [0.4, 0.5) is 0 Å². The number of rotatable bonds is 7. The Labute approximate surface area is 156 Å². The minimum atomic E-state index is -0.922. The van der Waals surface area contributed by atoms with Crippen LogP contribution >= 0.6 is 0 Å². The Kier molecular flexibility index (Phi) is 5.58. The Morgan fingerprint density at radius 2 is 2.04 bits per heavy atom. The van der Waals surface area contributed by atoms with Crippen molar-refractivity contribution in [1.29, 1.82) is 0 Å². The Bertz CT molecular complexity index is 848. The van der Waals surface area contributed by atoms with E-state index >= 15 is 0 Å². The van der Waals surface area contributed by atoms with Gasteiger partial charge in [0.2, 0.25) is 0 Å². The molecule has 0 fully saturated rings. The summed E-state index contributed by atoms with van der Waals surface area (Å²) in [6.45, 7) is 4.67. The summed E-state index contributed by atoms with van der Waals surface area (Å²) in [6.07, 6.45) is 1.23. The number of ether oxygens (including phenoxy) is 2. The molecule has 1 unspecified atom stereocenters. The van der Waals surface area contributed by atoms with Crippen LogP contribution in [0.5, 0.6) is 11.5 Å². The second-order valence-electron chi connectivity index (χ2n) is 6.30. The molecule has 9 nitrogen and oxygen atoms in total. The number of hydrogen-bond donors (Lipinski definition) is 2. The van der Waals surface area contributed by atoms with Gasteiger partial charge in [-0.1, -0.05) is 18.6 Å². The fraction of sp³-hybridized carbons (Fsp3) is 0.444. The number of hydrogen-bond acceptors (Lipinski definition) is 6. The van der Waals surface area contributed by atoms with Gasteiger partial charge in [0.05, 0.1) is 17.3 Å². The van der Waals surface area contributed by atoms with E-state index in [2.05, 4.69) is 15.6 Å². The number of fused-ring (bicyclic) bond motifs is 1. The van der Waals surface area contributed by atoms with Crippen LogP contribution in [0.15, 0.2) is 18.2 Å². The topological polar surface area (TPSA) is 116 Å². The zero-order valence-electron chi connectivity index (χ0n) is 15.3. The van der Waals surface area contributed by atoms with Crippen molar-refractivity contribution in [3.63, 3.8) is 0 Å². The van der Waals surface area contributed by atoms with Crippen molar-refractivity contribution in [1.82, 2.24) is 20.3 Å². The van der Waals surface area contributed by atoms with E-state index in [1.165, 1.54) is 4.68 Å². The van der Waals surface area contributed by atoms with Crippen molar-refractivity contribution >= 4 is 11.9 Å². The predicted octanol–water partition coefficient (Wildman–Crippen LogP) is 1.58. The molecule has 144 valence electrons. The number of aromatic nitrogens is 3. The third-order valence-electron chi connectivity index (χ3n) is 4.38. The molecule has 1 aromatic carbocycles. The van der Waals surface area contributed by atoms with Gasteiger partial charge in [-0.15, -0.1) is 5.10 Å². The standard InChI is InChI=1S/C18H22N4O5/c1-3-4-12(18(24)25)10-19-17(23)16-11(2)22(21-20-16)13-5-6-14-15(9-13)27-8-7-26-14/h5-6,9,12H,3-4,7-8,10H2,1-2H3,(H,19,23)(H,24,25). The van der Waals surface area contributed by atoms with Crippen molar-refractivity contribution in [2.45, 2.75) is 26.7 Å². The van der Waals surface area contributed by atoms with Gasteiger partial charge in [0.25, 0.3) is 5.91 Å². The van der Waals surface area contributed by atoms with E-state index in [0.29, 0.717) is 42.5 Å². The van der Waals surface area contributed by atoms with Crippen molar-refractivity contribution in [2.24, 2.45) is 5.92 Å². The van der Waals surface area contributed by atoms with Crippen molar-refractivity contribution < 1.29 is 24.2 Å². The molecule has 1 aliphatic rings. The van der Waals surface area contributed by atoms with E-state index < -0.39 is 17.8 Å². The average Bonchev–Trinajstić information content (AvgIpc) is 3.05. The monoisotopic (exact) mass is 374 g/mol. The minimum Gasteiger partial charge on any atom is -0.486 e. The van der Waals surface area contributed by atoms with Crippen LogP contribution < -0.4 is 14.8 Å². The molecule has 0 saturated heterocycles. The molecule has 1 amide bonds. The van der Waals surface area contributed by atoms with Gasteiger partial charge in [-0.05, 0) is 25.5 Å².